The fourth-order valence-electron chi connectivity index (χ4n) is 2.98. The number of aromatic nitrogens is 3. The van der Waals surface area contributed by atoms with Crippen molar-refractivity contribution in [1.29, 1.82) is 0 Å². The molecule has 108 valence electrons. The van der Waals surface area contributed by atoms with Gasteiger partial charge in [-0.25, -0.2) is 4.98 Å². The van der Waals surface area contributed by atoms with Crippen molar-refractivity contribution in [3.63, 3.8) is 0 Å². The van der Waals surface area contributed by atoms with Crippen molar-refractivity contribution in [3.8, 4) is 11.3 Å². The Labute approximate surface area is 127 Å². The summed E-state index contributed by atoms with van der Waals surface area (Å²) in [5.41, 5.74) is 5.94. The van der Waals surface area contributed by atoms with E-state index in [0.29, 0.717) is 0 Å². The van der Waals surface area contributed by atoms with E-state index in [2.05, 4.69) is 28.4 Å². The van der Waals surface area contributed by atoms with Crippen LogP contribution in [-0.2, 0) is 0 Å². The SMILES string of the molecule is Cc1cc(-c2nc3ccccn3c2C)cc2ccc(=O)[nH]c12. The fourth-order valence-corrected chi connectivity index (χ4v) is 2.98. The van der Waals surface area contributed by atoms with Crippen LogP contribution < -0.4 is 5.56 Å². The highest BCUT2D eigenvalue weighted by Gasteiger charge is 2.11. The van der Waals surface area contributed by atoms with Crippen LogP contribution in [0.2, 0.25) is 0 Å². The number of hydrogen-bond donors (Lipinski definition) is 1. The number of aromatic amines is 1. The highest BCUT2D eigenvalue weighted by Crippen LogP contribution is 2.28. The number of imidazole rings is 1. The molecule has 3 heterocycles. The van der Waals surface area contributed by atoms with Crippen LogP contribution in [-0.4, -0.2) is 14.4 Å². The normalized spacial score (nSPS) is 11.4. The monoisotopic (exact) mass is 289 g/mol. The maximum atomic E-state index is 11.5. The molecular formula is C18H15N3O. The molecule has 4 rings (SSSR count). The molecule has 1 N–H and O–H groups in total. The third-order valence-corrected chi connectivity index (χ3v) is 4.07. The van der Waals surface area contributed by atoms with Gasteiger partial charge < -0.3 is 9.38 Å². The van der Waals surface area contributed by atoms with Gasteiger partial charge in [-0.3, -0.25) is 4.79 Å². The Balaban J connectivity index is 2.02. The van der Waals surface area contributed by atoms with Gasteiger partial charge in [0.1, 0.15) is 5.65 Å². The van der Waals surface area contributed by atoms with Gasteiger partial charge in [0, 0.05) is 23.5 Å². The third kappa shape index (κ3) is 1.84. The topological polar surface area (TPSA) is 50.2 Å². The number of hydrogen-bond acceptors (Lipinski definition) is 2. The van der Waals surface area contributed by atoms with Gasteiger partial charge in [0.25, 0.3) is 0 Å². The molecule has 22 heavy (non-hydrogen) atoms. The summed E-state index contributed by atoms with van der Waals surface area (Å²) < 4.78 is 2.09. The van der Waals surface area contributed by atoms with Crippen molar-refractivity contribution >= 4 is 16.6 Å². The largest absolute Gasteiger partial charge is 0.322 e. The molecule has 4 aromatic rings. The first kappa shape index (κ1) is 12.8. The van der Waals surface area contributed by atoms with Gasteiger partial charge in [-0.15, -0.1) is 0 Å². The van der Waals surface area contributed by atoms with Crippen molar-refractivity contribution in [2.24, 2.45) is 0 Å². The summed E-state index contributed by atoms with van der Waals surface area (Å²) >= 11 is 0. The first-order chi connectivity index (χ1) is 10.6. The lowest BCUT2D eigenvalue weighted by Gasteiger charge is -2.06. The molecular weight excluding hydrogens is 274 g/mol. The zero-order chi connectivity index (χ0) is 15.3. The van der Waals surface area contributed by atoms with E-state index in [1.807, 2.05) is 37.4 Å². The Bertz CT molecular complexity index is 1070. The van der Waals surface area contributed by atoms with Gasteiger partial charge in [0.15, 0.2) is 0 Å². The van der Waals surface area contributed by atoms with Crippen LogP contribution in [0.3, 0.4) is 0 Å². The van der Waals surface area contributed by atoms with E-state index in [-0.39, 0.29) is 5.56 Å². The number of nitrogens with zero attached hydrogens (tertiary/aromatic N) is 2. The summed E-state index contributed by atoms with van der Waals surface area (Å²) in [5.74, 6) is 0. The van der Waals surface area contributed by atoms with Crippen LogP contribution >= 0.6 is 0 Å². The van der Waals surface area contributed by atoms with Crippen LogP contribution in [0.5, 0.6) is 0 Å². The Kier molecular flexibility index (Phi) is 2.66. The molecule has 0 saturated carbocycles. The maximum absolute atomic E-state index is 11.5. The maximum Gasteiger partial charge on any atom is 0.248 e. The van der Waals surface area contributed by atoms with Gasteiger partial charge in [-0.05, 0) is 55.1 Å². The predicted octanol–water partition coefficient (Wildman–Crippen LogP) is 3.46. The second-order valence-corrected chi connectivity index (χ2v) is 5.55. The molecule has 0 spiro atoms. The third-order valence-electron chi connectivity index (χ3n) is 4.07. The summed E-state index contributed by atoms with van der Waals surface area (Å²) in [6.07, 6.45) is 2.02. The smallest absolute Gasteiger partial charge is 0.248 e. The van der Waals surface area contributed by atoms with Crippen LogP contribution in [0.1, 0.15) is 11.3 Å². The summed E-state index contributed by atoms with van der Waals surface area (Å²) in [6.45, 7) is 4.08. The minimum Gasteiger partial charge on any atom is -0.322 e. The van der Waals surface area contributed by atoms with E-state index < -0.39 is 0 Å². The molecule has 0 fully saturated rings. The lowest BCUT2D eigenvalue weighted by molar-refractivity contribution is 1.11. The quantitative estimate of drug-likeness (QED) is 0.583. The minimum absolute atomic E-state index is 0.0766. The van der Waals surface area contributed by atoms with Gasteiger partial charge >= 0.3 is 0 Å². The molecule has 0 aliphatic rings. The highest BCUT2D eigenvalue weighted by atomic mass is 16.1. The number of nitrogens with one attached hydrogen (secondary N) is 1. The summed E-state index contributed by atoms with van der Waals surface area (Å²) in [6, 6.07) is 13.6. The highest BCUT2D eigenvalue weighted by molar-refractivity contribution is 5.87. The predicted molar refractivity (Wildman–Crippen MR) is 88.2 cm³/mol. The van der Waals surface area contributed by atoms with E-state index in [4.69, 9.17) is 4.98 Å². The lowest BCUT2D eigenvalue weighted by Crippen LogP contribution is -2.03. The van der Waals surface area contributed by atoms with E-state index in [1.165, 1.54) is 0 Å². The zero-order valence-corrected chi connectivity index (χ0v) is 12.4. The number of aryl methyl sites for hydroxylation is 2. The molecule has 4 nitrogen and oxygen atoms in total. The minimum atomic E-state index is -0.0766. The molecule has 0 amide bonds. The molecule has 0 radical (unpaired) electrons. The van der Waals surface area contributed by atoms with Crippen LogP contribution in [0.4, 0.5) is 0 Å². The van der Waals surface area contributed by atoms with E-state index in [1.54, 1.807) is 6.07 Å². The van der Waals surface area contributed by atoms with Crippen LogP contribution in [0.25, 0.3) is 27.8 Å². The molecule has 4 heteroatoms. The Morgan fingerprint density at radius 3 is 2.77 bits per heavy atom. The number of rotatable bonds is 1. The van der Waals surface area contributed by atoms with Gasteiger partial charge in [-0.2, -0.15) is 0 Å². The number of benzene rings is 1. The standard InChI is InChI=1S/C18H15N3O/c1-11-9-14(10-13-6-7-16(22)20-17(11)13)18-12(2)21-8-4-3-5-15(21)19-18/h3-10H,1-2H3,(H,20,22). The fraction of sp³-hybridized carbons (Fsp3) is 0.111. The summed E-state index contributed by atoms with van der Waals surface area (Å²) in [7, 11) is 0. The second-order valence-electron chi connectivity index (χ2n) is 5.55. The lowest BCUT2D eigenvalue weighted by atomic mass is 10.0. The number of H-pyrrole nitrogens is 1. The van der Waals surface area contributed by atoms with Crippen molar-refractivity contribution in [3.05, 3.63) is 70.3 Å². The van der Waals surface area contributed by atoms with E-state index in [0.717, 1.165) is 39.1 Å². The summed E-state index contributed by atoms with van der Waals surface area (Å²) in [5, 5.41) is 1.02. The van der Waals surface area contributed by atoms with Crippen molar-refractivity contribution < 1.29 is 0 Å². The Morgan fingerprint density at radius 2 is 1.95 bits per heavy atom. The first-order valence-corrected chi connectivity index (χ1v) is 7.21. The second kappa shape index (κ2) is 4.56. The van der Waals surface area contributed by atoms with E-state index in [9.17, 15) is 4.79 Å². The van der Waals surface area contributed by atoms with Crippen LogP contribution in [0.15, 0.2) is 53.5 Å². The van der Waals surface area contributed by atoms with Crippen LogP contribution in [0, 0.1) is 13.8 Å². The molecule has 0 saturated heterocycles. The van der Waals surface area contributed by atoms with Gasteiger partial charge in [-0.1, -0.05) is 6.07 Å². The van der Waals surface area contributed by atoms with E-state index >= 15 is 0 Å². The molecule has 0 bridgehead atoms. The Morgan fingerprint density at radius 1 is 1.09 bits per heavy atom. The molecule has 0 aliphatic heterocycles. The molecule has 0 atom stereocenters. The first-order valence-electron chi connectivity index (χ1n) is 7.21. The number of fused-ring (bicyclic) bond motifs is 2. The van der Waals surface area contributed by atoms with Crippen molar-refractivity contribution in [1.82, 2.24) is 14.4 Å². The average molecular weight is 289 g/mol. The Hall–Kier alpha value is -2.88. The van der Waals surface area contributed by atoms with Gasteiger partial charge in [0.05, 0.1) is 11.2 Å². The molecule has 3 aromatic heterocycles. The summed E-state index contributed by atoms with van der Waals surface area (Å²) in [4.78, 5) is 19.1. The molecule has 0 aliphatic carbocycles. The van der Waals surface area contributed by atoms with Crippen molar-refractivity contribution in [2.75, 3.05) is 0 Å². The molecule has 1 aromatic carbocycles. The zero-order valence-electron chi connectivity index (χ0n) is 12.4. The van der Waals surface area contributed by atoms with Gasteiger partial charge in [0.2, 0.25) is 5.56 Å². The van der Waals surface area contributed by atoms with Crippen molar-refractivity contribution in [2.45, 2.75) is 13.8 Å². The number of pyridine rings is 2. The average Bonchev–Trinajstić information content (AvgIpc) is 2.85. The molecule has 0 unspecified atom stereocenters.